The molecule has 2 N–H and O–H groups in total. The Labute approximate surface area is 166 Å². The normalized spacial score (nSPS) is 11.2. The molecule has 9 heteroatoms. The lowest BCUT2D eigenvalue weighted by molar-refractivity contribution is -0.118. The fourth-order valence-corrected chi connectivity index (χ4v) is 3.21. The van der Waals surface area contributed by atoms with E-state index >= 15 is 0 Å². The molecule has 1 amide bonds. The molecule has 0 atom stereocenters. The van der Waals surface area contributed by atoms with E-state index in [4.69, 9.17) is 4.74 Å². The second-order valence-electron chi connectivity index (χ2n) is 6.41. The largest absolute Gasteiger partial charge is 0.379 e. The Morgan fingerprint density at radius 3 is 2.86 bits per heavy atom. The van der Waals surface area contributed by atoms with Crippen LogP contribution in [0.4, 0.5) is 0 Å². The molecule has 0 saturated heterocycles. The predicted molar refractivity (Wildman–Crippen MR) is 109 cm³/mol. The van der Waals surface area contributed by atoms with Crippen LogP contribution in [-0.2, 0) is 9.53 Å². The first-order valence-corrected chi connectivity index (χ1v) is 10.1. The Bertz CT molecular complexity index is 984. The summed E-state index contributed by atoms with van der Waals surface area (Å²) in [6.07, 6.45) is 2.44. The molecule has 0 aliphatic rings. The topological polar surface area (TPSA) is 102 Å². The summed E-state index contributed by atoms with van der Waals surface area (Å²) in [6, 6.07) is 9.46. The zero-order valence-corrected chi connectivity index (χ0v) is 16.7. The number of nitrogens with one attached hydrogen (secondary N) is 2. The number of hydrogen-bond donors (Lipinski definition) is 2. The maximum absolute atomic E-state index is 12.3. The third-order valence-corrected chi connectivity index (χ3v) is 4.72. The molecule has 0 bridgehead atoms. The first kappa shape index (κ1) is 20.1. The van der Waals surface area contributed by atoms with E-state index in [1.807, 2.05) is 44.2 Å². The molecule has 0 spiro atoms. The second-order valence-corrected chi connectivity index (χ2v) is 7.38. The summed E-state index contributed by atoms with van der Waals surface area (Å²) in [7, 11) is 0. The highest BCUT2D eigenvalue weighted by Gasteiger charge is 2.12. The number of amides is 1. The standard InChI is InChI=1S/C19H23N5O3S/c1-13(2)27-10-6-9-20-16(25)12-28-19-22-17-15(18(26)23-19)11-21-24(17)14-7-4-3-5-8-14/h3-5,7-8,11,13H,6,9-10,12H2,1-2H3,(H,20,25)(H,22,23,26). The van der Waals surface area contributed by atoms with Crippen LogP contribution in [0.3, 0.4) is 0 Å². The summed E-state index contributed by atoms with van der Waals surface area (Å²) in [5.74, 6) is 0.0488. The Hall–Kier alpha value is -2.65. The van der Waals surface area contributed by atoms with Gasteiger partial charge in [0.05, 0.1) is 23.7 Å². The number of carbonyl (C=O) groups excluding carboxylic acids is 1. The van der Waals surface area contributed by atoms with E-state index in [0.29, 0.717) is 29.3 Å². The number of aromatic amines is 1. The minimum absolute atomic E-state index is 0.117. The highest BCUT2D eigenvalue weighted by molar-refractivity contribution is 7.99. The van der Waals surface area contributed by atoms with E-state index in [-0.39, 0.29) is 23.3 Å². The number of para-hydroxylation sites is 1. The smallest absolute Gasteiger partial charge is 0.262 e. The molecule has 0 radical (unpaired) electrons. The van der Waals surface area contributed by atoms with E-state index in [1.54, 1.807) is 4.68 Å². The van der Waals surface area contributed by atoms with Crippen LogP contribution >= 0.6 is 11.8 Å². The highest BCUT2D eigenvalue weighted by Crippen LogP contribution is 2.17. The molecule has 2 aromatic heterocycles. The van der Waals surface area contributed by atoms with Crippen LogP contribution < -0.4 is 10.9 Å². The predicted octanol–water partition coefficient (Wildman–Crippen LogP) is 2.13. The minimum Gasteiger partial charge on any atom is -0.379 e. The number of rotatable bonds is 9. The van der Waals surface area contributed by atoms with Gasteiger partial charge in [0.1, 0.15) is 5.39 Å². The third-order valence-electron chi connectivity index (χ3n) is 3.85. The number of ether oxygens (including phenoxy) is 1. The van der Waals surface area contributed by atoms with Crippen LogP contribution in [0.1, 0.15) is 20.3 Å². The number of H-pyrrole nitrogens is 1. The maximum Gasteiger partial charge on any atom is 0.262 e. The van der Waals surface area contributed by atoms with Gasteiger partial charge >= 0.3 is 0 Å². The van der Waals surface area contributed by atoms with E-state index in [9.17, 15) is 9.59 Å². The SMILES string of the molecule is CC(C)OCCCNC(=O)CSc1nc2c(cnn2-c2ccccc2)c(=O)[nH]1. The number of benzene rings is 1. The monoisotopic (exact) mass is 401 g/mol. The lowest BCUT2D eigenvalue weighted by Gasteiger charge is -2.08. The van der Waals surface area contributed by atoms with Gasteiger partial charge in [0.15, 0.2) is 10.8 Å². The van der Waals surface area contributed by atoms with Gasteiger partial charge in [-0.3, -0.25) is 9.59 Å². The first-order valence-electron chi connectivity index (χ1n) is 9.09. The van der Waals surface area contributed by atoms with Gasteiger partial charge < -0.3 is 15.0 Å². The number of hydrogen-bond acceptors (Lipinski definition) is 6. The van der Waals surface area contributed by atoms with Crippen LogP contribution in [0.5, 0.6) is 0 Å². The van der Waals surface area contributed by atoms with Crippen molar-refractivity contribution in [3.8, 4) is 5.69 Å². The number of nitrogens with zero attached hydrogens (tertiary/aromatic N) is 3. The maximum atomic E-state index is 12.3. The average molecular weight is 401 g/mol. The molecule has 0 saturated carbocycles. The Kier molecular flexibility index (Phi) is 6.83. The van der Waals surface area contributed by atoms with E-state index < -0.39 is 0 Å². The fraction of sp³-hybridized carbons (Fsp3) is 0.368. The average Bonchev–Trinajstić information content (AvgIpc) is 3.11. The van der Waals surface area contributed by atoms with Crippen molar-refractivity contribution in [2.75, 3.05) is 18.9 Å². The molecule has 0 aliphatic heterocycles. The Morgan fingerprint density at radius 1 is 1.32 bits per heavy atom. The molecule has 8 nitrogen and oxygen atoms in total. The van der Waals surface area contributed by atoms with Crippen LogP contribution in [0.2, 0.25) is 0 Å². The molecule has 28 heavy (non-hydrogen) atoms. The van der Waals surface area contributed by atoms with Gasteiger partial charge in [-0.15, -0.1) is 0 Å². The van der Waals surface area contributed by atoms with Gasteiger partial charge in [0, 0.05) is 13.2 Å². The number of aromatic nitrogens is 4. The van der Waals surface area contributed by atoms with Gasteiger partial charge in [-0.1, -0.05) is 30.0 Å². The molecule has 0 fully saturated rings. The molecular formula is C19H23N5O3S. The Morgan fingerprint density at radius 2 is 2.11 bits per heavy atom. The number of fused-ring (bicyclic) bond motifs is 1. The van der Waals surface area contributed by atoms with Crippen LogP contribution in [0.25, 0.3) is 16.7 Å². The first-order chi connectivity index (χ1) is 13.5. The molecule has 3 aromatic rings. The molecule has 148 valence electrons. The summed E-state index contributed by atoms with van der Waals surface area (Å²) in [5.41, 5.74) is 0.998. The van der Waals surface area contributed by atoms with E-state index in [0.717, 1.165) is 12.1 Å². The Balaban J connectivity index is 1.62. The molecule has 2 heterocycles. The fourth-order valence-electron chi connectivity index (χ4n) is 2.53. The summed E-state index contributed by atoms with van der Waals surface area (Å²) in [4.78, 5) is 31.5. The molecule has 0 unspecified atom stereocenters. The van der Waals surface area contributed by atoms with E-state index in [1.165, 1.54) is 18.0 Å². The number of carbonyl (C=O) groups is 1. The summed E-state index contributed by atoms with van der Waals surface area (Å²) < 4.78 is 7.05. The van der Waals surface area contributed by atoms with Crippen molar-refractivity contribution in [3.05, 3.63) is 46.9 Å². The molecular weight excluding hydrogens is 378 g/mol. The van der Waals surface area contributed by atoms with Crippen molar-refractivity contribution in [1.82, 2.24) is 25.1 Å². The molecule has 3 rings (SSSR count). The number of thioether (sulfide) groups is 1. The summed E-state index contributed by atoms with van der Waals surface area (Å²) in [5, 5.41) is 7.89. The zero-order chi connectivity index (χ0) is 19.9. The second kappa shape index (κ2) is 9.52. The molecule has 1 aromatic carbocycles. The zero-order valence-electron chi connectivity index (χ0n) is 15.8. The summed E-state index contributed by atoms with van der Waals surface area (Å²) >= 11 is 1.18. The molecule has 0 aliphatic carbocycles. The van der Waals surface area contributed by atoms with Gasteiger partial charge in [-0.05, 0) is 32.4 Å². The lowest BCUT2D eigenvalue weighted by atomic mass is 10.3. The lowest BCUT2D eigenvalue weighted by Crippen LogP contribution is -2.27. The van der Waals surface area contributed by atoms with Crippen LogP contribution in [-0.4, -0.2) is 50.7 Å². The van der Waals surface area contributed by atoms with Crippen molar-refractivity contribution < 1.29 is 9.53 Å². The van der Waals surface area contributed by atoms with Crippen molar-refractivity contribution in [2.24, 2.45) is 0 Å². The van der Waals surface area contributed by atoms with Crippen LogP contribution in [0.15, 0.2) is 46.5 Å². The van der Waals surface area contributed by atoms with Gasteiger partial charge in [-0.25, -0.2) is 9.67 Å². The van der Waals surface area contributed by atoms with Crippen molar-refractivity contribution >= 4 is 28.7 Å². The highest BCUT2D eigenvalue weighted by atomic mass is 32.2. The van der Waals surface area contributed by atoms with Gasteiger partial charge in [0.25, 0.3) is 5.56 Å². The van der Waals surface area contributed by atoms with Crippen LogP contribution in [0, 0.1) is 0 Å². The van der Waals surface area contributed by atoms with Gasteiger partial charge in [0.2, 0.25) is 5.91 Å². The van der Waals surface area contributed by atoms with Crippen molar-refractivity contribution in [1.29, 1.82) is 0 Å². The summed E-state index contributed by atoms with van der Waals surface area (Å²) in [6.45, 7) is 5.11. The van der Waals surface area contributed by atoms with Gasteiger partial charge in [-0.2, -0.15) is 5.10 Å². The third kappa shape index (κ3) is 5.20. The minimum atomic E-state index is -0.277. The quantitative estimate of drug-likeness (QED) is 0.324. The van der Waals surface area contributed by atoms with E-state index in [2.05, 4.69) is 20.4 Å². The van der Waals surface area contributed by atoms with Crippen molar-refractivity contribution in [2.45, 2.75) is 31.5 Å². The van der Waals surface area contributed by atoms with Crippen molar-refractivity contribution in [3.63, 3.8) is 0 Å².